The third-order valence-electron chi connectivity index (χ3n) is 3.29. The topological polar surface area (TPSA) is 43.8 Å². The second kappa shape index (κ2) is 6.31. The molecule has 4 nitrogen and oxygen atoms in total. The number of thiophene rings is 1. The Balaban J connectivity index is 1.75. The van der Waals surface area contributed by atoms with Gasteiger partial charge in [0.05, 0.1) is 0 Å². The lowest BCUT2D eigenvalue weighted by atomic mass is 10.4. The van der Waals surface area contributed by atoms with Gasteiger partial charge in [0.2, 0.25) is 0 Å². The van der Waals surface area contributed by atoms with Gasteiger partial charge in [-0.05, 0) is 45.1 Å². The van der Waals surface area contributed by atoms with Crippen LogP contribution in [0.5, 0.6) is 0 Å². The first-order valence-electron chi connectivity index (χ1n) is 6.38. The van der Waals surface area contributed by atoms with Gasteiger partial charge >= 0.3 is 5.97 Å². The van der Waals surface area contributed by atoms with E-state index >= 15 is 0 Å². The number of likely N-dealkylation sites (tertiary alicyclic amines) is 1. The lowest BCUT2D eigenvalue weighted by Crippen LogP contribution is -2.30. The highest BCUT2D eigenvalue weighted by atomic mass is 32.1. The highest BCUT2D eigenvalue weighted by Crippen LogP contribution is 2.18. The summed E-state index contributed by atoms with van der Waals surface area (Å²) in [6, 6.07) is 3.61. The predicted octanol–water partition coefficient (Wildman–Crippen LogP) is 1.97. The molecule has 1 aromatic heterocycles. The van der Waals surface area contributed by atoms with Gasteiger partial charge in [-0.15, -0.1) is 11.3 Å². The second-order valence-corrected chi connectivity index (χ2v) is 6.03. The van der Waals surface area contributed by atoms with Crippen molar-refractivity contribution in [2.45, 2.75) is 19.4 Å². The molecule has 0 radical (unpaired) electrons. The number of carboxylic acid groups (broad SMARTS) is 1. The Morgan fingerprint density at radius 1 is 1.44 bits per heavy atom. The maximum Gasteiger partial charge on any atom is 0.345 e. The summed E-state index contributed by atoms with van der Waals surface area (Å²) in [4.78, 5) is 17.1. The van der Waals surface area contributed by atoms with E-state index in [2.05, 4.69) is 16.8 Å². The minimum atomic E-state index is -0.828. The Morgan fingerprint density at radius 2 is 2.17 bits per heavy atom. The Kier molecular flexibility index (Phi) is 4.74. The van der Waals surface area contributed by atoms with Crippen molar-refractivity contribution in [3.05, 3.63) is 21.9 Å². The van der Waals surface area contributed by atoms with Crippen molar-refractivity contribution in [3.8, 4) is 0 Å². The van der Waals surface area contributed by atoms with E-state index in [1.54, 1.807) is 6.07 Å². The Bertz CT molecular complexity index is 399. The van der Waals surface area contributed by atoms with Crippen LogP contribution in [-0.2, 0) is 6.54 Å². The summed E-state index contributed by atoms with van der Waals surface area (Å²) < 4.78 is 0. The monoisotopic (exact) mass is 268 g/mol. The SMILES string of the molecule is CN(CCN1CCCC1)Cc1ccc(C(=O)O)s1. The van der Waals surface area contributed by atoms with Gasteiger partial charge in [0.25, 0.3) is 0 Å². The molecule has 2 rings (SSSR count). The maximum atomic E-state index is 10.8. The van der Waals surface area contributed by atoms with Crippen LogP contribution in [0.2, 0.25) is 0 Å². The lowest BCUT2D eigenvalue weighted by Gasteiger charge is -2.20. The molecule has 5 heteroatoms. The van der Waals surface area contributed by atoms with Crippen LogP contribution < -0.4 is 0 Å². The predicted molar refractivity (Wildman–Crippen MR) is 73.3 cm³/mol. The molecule has 100 valence electrons. The molecule has 1 fully saturated rings. The molecule has 0 amide bonds. The summed E-state index contributed by atoms with van der Waals surface area (Å²) in [7, 11) is 2.09. The second-order valence-electron chi connectivity index (χ2n) is 4.86. The number of aromatic carboxylic acids is 1. The first-order chi connectivity index (χ1) is 8.65. The fraction of sp³-hybridized carbons (Fsp3) is 0.615. The van der Waals surface area contributed by atoms with Crippen molar-refractivity contribution < 1.29 is 9.90 Å². The number of carboxylic acids is 1. The van der Waals surface area contributed by atoms with E-state index in [4.69, 9.17) is 5.11 Å². The molecule has 1 N–H and O–H groups in total. The van der Waals surface area contributed by atoms with Gasteiger partial charge in [0.1, 0.15) is 4.88 Å². The highest BCUT2D eigenvalue weighted by Gasteiger charge is 2.12. The number of hydrogen-bond donors (Lipinski definition) is 1. The molecule has 18 heavy (non-hydrogen) atoms. The van der Waals surface area contributed by atoms with Crippen molar-refractivity contribution in [1.82, 2.24) is 9.80 Å². The molecule has 0 bridgehead atoms. The molecule has 0 saturated carbocycles. The van der Waals surface area contributed by atoms with E-state index in [9.17, 15) is 4.79 Å². The molecule has 0 aliphatic carbocycles. The minimum Gasteiger partial charge on any atom is -0.477 e. The Morgan fingerprint density at radius 3 is 2.78 bits per heavy atom. The van der Waals surface area contributed by atoms with Crippen molar-refractivity contribution in [3.63, 3.8) is 0 Å². The third kappa shape index (κ3) is 3.80. The van der Waals surface area contributed by atoms with Crippen LogP contribution in [0, 0.1) is 0 Å². The van der Waals surface area contributed by atoms with Gasteiger partial charge in [-0.3, -0.25) is 0 Å². The van der Waals surface area contributed by atoms with Crippen LogP contribution in [0.3, 0.4) is 0 Å². The summed E-state index contributed by atoms with van der Waals surface area (Å²) in [5.41, 5.74) is 0. The quantitative estimate of drug-likeness (QED) is 0.856. The zero-order chi connectivity index (χ0) is 13.0. The van der Waals surface area contributed by atoms with Gasteiger partial charge in [-0.25, -0.2) is 4.79 Å². The molecule has 1 aromatic rings. The first-order valence-corrected chi connectivity index (χ1v) is 7.20. The average molecular weight is 268 g/mol. The molecule has 0 unspecified atom stereocenters. The van der Waals surface area contributed by atoms with Crippen molar-refractivity contribution in [1.29, 1.82) is 0 Å². The molecule has 2 heterocycles. The van der Waals surface area contributed by atoms with Crippen LogP contribution in [0.1, 0.15) is 27.4 Å². The van der Waals surface area contributed by atoms with E-state index in [0.29, 0.717) is 4.88 Å². The molecule has 0 spiro atoms. The number of rotatable bonds is 6. The molecule has 0 aromatic carbocycles. The summed E-state index contributed by atoms with van der Waals surface area (Å²) in [6.07, 6.45) is 2.66. The van der Waals surface area contributed by atoms with Crippen LogP contribution in [0.4, 0.5) is 0 Å². The van der Waals surface area contributed by atoms with Crippen molar-refractivity contribution in [2.75, 3.05) is 33.2 Å². The van der Waals surface area contributed by atoms with Crippen LogP contribution >= 0.6 is 11.3 Å². The molecule has 1 saturated heterocycles. The zero-order valence-corrected chi connectivity index (χ0v) is 11.6. The van der Waals surface area contributed by atoms with Gasteiger partial charge in [-0.1, -0.05) is 0 Å². The fourth-order valence-corrected chi connectivity index (χ4v) is 3.17. The van der Waals surface area contributed by atoms with E-state index < -0.39 is 5.97 Å². The Labute approximate surface area is 112 Å². The standard InChI is InChI=1S/C13H20N2O2S/c1-14(8-9-15-6-2-3-7-15)10-11-4-5-12(18-11)13(16)17/h4-5H,2-3,6-10H2,1H3,(H,16,17). The largest absolute Gasteiger partial charge is 0.477 e. The molecule has 1 aliphatic rings. The highest BCUT2D eigenvalue weighted by molar-refractivity contribution is 7.13. The first kappa shape index (κ1) is 13.5. The fourth-order valence-electron chi connectivity index (χ4n) is 2.24. The van der Waals surface area contributed by atoms with E-state index in [0.717, 1.165) is 24.5 Å². The molecule has 0 atom stereocenters. The summed E-state index contributed by atoms with van der Waals surface area (Å²) in [6.45, 7) is 5.46. The zero-order valence-electron chi connectivity index (χ0n) is 10.8. The van der Waals surface area contributed by atoms with Gasteiger partial charge in [0.15, 0.2) is 0 Å². The van der Waals surface area contributed by atoms with Crippen LogP contribution in [-0.4, -0.2) is 54.1 Å². The van der Waals surface area contributed by atoms with E-state index in [-0.39, 0.29) is 0 Å². The third-order valence-corrected chi connectivity index (χ3v) is 4.35. The van der Waals surface area contributed by atoms with Crippen LogP contribution in [0.25, 0.3) is 0 Å². The normalized spacial score (nSPS) is 16.6. The number of nitrogens with zero attached hydrogens (tertiary/aromatic N) is 2. The van der Waals surface area contributed by atoms with Crippen molar-refractivity contribution >= 4 is 17.3 Å². The smallest absolute Gasteiger partial charge is 0.345 e. The number of carbonyl (C=O) groups is 1. The molecular weight excluding hydrogens is 248 g/mol. The molecule has 1 aliphatic heterocycles. The lowest BCUT2D eigenvalue weighted by molar-refractivity contribution is 0.0702. The summed E-state index contributed by atoms with van der Waals surface area (Å²) in [5.74, 6) is -0.828. The summed E-state index contributed by atoms with van der Waals surface area (Å²) in [5, 5.41) is 8.87. The van der Waals surface area contributed by atoms with Gasteiger partial charge < -0.3 is 14.9 Å². The maximum absolute atomic E-state index is 10.8. The number of hydrogen-bond acceptors (Lipinski definition) is 4. The molecular formula is C13H20N2O2S. The van der Waals surface area contributed by atoms with Gasteiger partial charge in [0, 0.05) is 24.5 Å². The van der Waals surface area contributed by atoms with Crippen molar-refractivity contribution in [2.24, 2.45) is 0 Å². The number of likely N-dealkylation sites (N-methyl/N-ethyl adjacent to an activating group) is 1. The minimum absolute atomic E-state index is 0.429. The van der Waals surface area contributed by atoms with Gasteiger partial charge in [-0.2, -0.15) is 0 Å². The van der Waals surface area contributed by atoms with Crippen LogP contribution in [0.15, 0.2) is 12.1 Å². The van der Waals surface area contributed by atoms with E-state index in [1.165, 1.54) is 37.3 Å². The van der Waals surface area contributed by atoms with E-state index in [1.807, 2.05) is 6.07 Å². The summed E-state index contributed by atoms with van der Waals surface area (Å²) >= 11 is 1.37. The Hall–Kier alpha value is -0.910. The average Bonchev–Trinajstić information content (AvgIpc) is 2.96.